The first-order valence-corrected chi connectivity index (χ1v) is 6.50. The van der Waals surface area contributed by atoms with Gasteiger partial charge in [-0.05, 0) is 44.2 Å². The summed E-state index contributed by atoms with van der Waals surface area (Å²) in [5.74, 6) is 1.37. The van der Waals surface area contributed by atoms with Crippen LogP contribution in [-0.2, 0) is 0 Å². The van der Waals surface area contributed by atoms with E-state index in [0.29, 0.717) is 17.3 Å². The summed E-state index contributed by atoms with van der Waals surface area (Å²) in [5, 5.41) is 5.41. The van der Waals surface area contributed by atoms with Crippen molar-refractivity contribution in [1.82, 2.24) is 14.8 Å². The van der Waals surface area contributed by atoms with E-state index in [1.165, 1.54) is 0 Å². The summed E-state index contributed by atoms with van der Waals surface area (Å²) in [4.78, 5) is 4.39. The molecule has 5 heteroatoms. The molecule has 0 bridgehead atoms. The fourth-order valence-corrected chi connectivity index (χ4v) is 2.09. The highest BCUT2D eigenvalue weighted by atomic mass is 16.5. The van der Waals surface area contributed by atoms with E-state index in [1.807, 2.05) is 44.2 Å². The van der Waals surface area contributed by atoms with Crippen LogP contribution >= 0.6 is 0 Å². The number of pyridine rings is 1. The van der Waals surface area contributed by atoms with Crippen LogP contribution in [0.1, 0.15) is 13.8 Å². The van der Waals surface area contributed by atoms with Gasteiger partial charge in [0.25, 0.3) is 0 Å². The van der Waals surface area contributed by atoms with Crippen molar-refractivity contribution >= 4 is 16.6 Å². The van der Waals surface area contributed by atoms with Gasteiger partial charge >= 0.3 is 0 Å². The highest BCUT2D eigenvalue weighted by molar-refractivity contribution is 5.83. The molecule has 0 saturated heterocycles. The maximum absolute atomic E-state index is 5.86. The number of hydrogen-bond donors (Lipinski definition) is 1. The predicted octanol–water partition coefficient (Wildman–Crippen LogP) is 2.79. The summed E-state index contributed by atoms with van der Waals surface area (Å²) in [7, 11) is 0. The number of hydrogen-bond acceptors (Lipinski definition) is 4. The van der Waals surface area contributed by atoms with E-state index >= 15 is 0 Å². The Hall–Kier alpha value is -2.56. The van der Waals surface area contributed by atoms with Crippen LogP contribution in [-0.4, -0.2) is 20.9 Å². The number of benzene rings is 1. The van der Waals surface area contributed by atoms with Crippen LogP contribution in [0.3, 0.4) is 0 Å². The Morgan fingerprint density at radius 3 is 2.90 bits per heavy atom. The van der Waals surface area contributed by atoms with E-state index in [2.05, 4.69) is 10.1 Å². The van der Waals surface area contributed by atoms with Crippen LogP contribution in [0.15, 0.2) is 42.7 Å². The van der Waals surface area contributed by atoms with Crippen molar-refractivity contribution in [2.45, 2.75) is 20.0 Å². The molecule has 2 heterocycles. The number of nitrogens with zero attached hydrogens (tertiary/aromatic N) is 3. The van der Waals surface area contributed by atoms with Crippen molar-refractivity contribution < 1.29 is 4.74 Å². The van der Waals surface area contributed by atoms with Crippen molar-refractivity contribution in [3.8, 4) is 11.6 Å². The van der Waals surface area contributed by atoms with Gasteiger partial charge in [-0.3, -0.25) is 0 Å². The zero-order chi connectivity index (χ0) is 14.1. The zero-order valence-electron chi connectivity index (χ0n) is 11.4. The van der Waals surface area contributed by atoms with Crippen molar-refractivity contribution in [2.75, 3.05) is 5.73 Å². The van der Waals surface area contributed by atoms with E-state index < -0.39 is 0 Å². The molecule has 0 saturated carbocycles. The summed E-state index contributed by atoms with van der Waals surface area (Å²) < 4.78 is 7.55. The Morgan fingerprint density at radius 1 is 1.25 bits per heavy atom. The molecule has 3 rings (SSSR count). The van der Waals surface area contributed by atoms with Gasteiger partial charge in [0.2, 0.25) is 0 Å². The fourth-order valence-electron chi connectivity index (χ4n) is 2.09. The van der Waals surface area contributed by atoms with Crippen LogP contribution in [0.5, 0.6) is 5.75 Å². The second kappa shape index (κ2) is 4.85. The SMILES string of the molecule is CC(C)Oc1cccnc1-n1ncc2ccc(N)cc21. The van der Waals surface area contributed by atoms with E-state index in [9.17, 15) is 0 Å². The third-order valence-electron chi connectivity index (χ3n) is 2.91. The van der Waals surface area contributed by atoms with Gasteiger partial charge in [0.1, 0.15) is 0 Å². The number of nitrogen functional groups attached to an aromatic ring is 1. The molecule has 1 aromatic carbocycles. The largest absolute Gasteiger partial charge is 0.487 e. The maximum Gasteiger partial charge on any atom is 0.196 e. The molecule has 2 aromatic heterocycles. The predicted molar refractivity (Wildman–Crippen MR) is 79.0 cm³/mol. The lowest BCUT2D eigenvalue weighted by atomic mass is 10.2. The minimum atomic E-state index is 0.0739. The molecule has 2 N–H and O–H groups in total. The molecule has 0 atom stereocenters. The summed E-state index contributed by atoms with van der Waals surface area (Å²) in [5.41, 5.74) is 7.47. The quantitative estimate of drug-likeness (QED) is 0.742. The van der Waals surface area contributed by atoms with Crippen LogP contribution < -0.4 is 10.5 Å². The first kappa shape index (κ1) is 12.5. The van der Waals surface area contributed by atoms with Gasteiger partial charge in [0, 0.05) is 17.3 Å². The molecular formula is C15H16N4O. The Kier molecular flexibility index (Phi) is 3.02. The van der Waals surface area contributed by atoms with Gasteiger partial charge in [-0.15, -0.1) is 0 Å². The second-order valence-electron chi connectivity index (χ2n) is 4.87. The van der Waals surface area contributed by atoms with E-state index in [4.69, 9.17) is 10.5 Å². The number of anilines is 1. The number of aromatic nitrogens is 3. The first-order chi connectivity index (χ1) is 9.65. The molecule has 5 nitrogen and oxygen atoms in total. The van der Waals surface area contributed by atoms with Crippen LogP contribution in [0.2, 0.25) is 0 Å². The van der Waals surface area contributed by atoms with Crippen molar-refractivity contribution in [2.24, 2.45) is 0 Å². The molecule has 0 amide bonds. The molecule has 0 fully saturated rings. The molecule has 0 aliphatic carbocycles. The normalized spacial score (nSPS) is 11.2. The highest BCUT2D eigenvalue weighted by Crippen LogP contribution is 2.25. The monoisotopic (exact) mass is 268 g/mol. The lowest BCUT2D eigenvalue weighted by Gasteiger charge is -2.13. The summed E-state index contributed by atoms with van der Waals surface area (Å²) in [6.07, 6.45) is 3.59. The van der Waals surface area contributed by atoms with E-state index in [0.717, 1.165) is 10.9 Å². The van der Waals surface area contributed by atoms with Crippen molar-refractivity contribution in [1.29, 1.82) is 0 Å². The molecule has 0 unspecified atom stereocenters. The highest BCUT2D eigenvalue weighted by Gasteiger charge is 2.12. The standard InChI is InChI=1S/C15H16N4O/c1-10(2)20-14-4-3-7-17-15(14)19-13-8-12(16)6-5-11(13)9-18-19/h3-10H,16H2,1-2H3. The van der Waals surface area contributed by atoms with Crippen molar-refractivity contribution in [3.05, 3.63) is 42.7 Å². The molecule has 0 aliphatic rings. The number of ether oxygens (including phenoxy) is 1. The van der Waals surface area contributed by atoms with Crippen molar-refractivity contribution in [3.63, 3.8) is 0 Å². The lowest BCUT2D eigenvalue weighted by Crippen LogP contribution is -2.10. The van der Waals surface area contributed by atoms with Gasteiger partial charge in [0.05, 0.1) is 17.8 Å². The second-order valence-corrected chi connectivity index (χ2v) is 4.87. The van der Waals surface area contributed by atoms with Gasteiger partial charge < -0.3 is 10.5 Å². The smallest absolute Gasteiger partial charge is 0.196 e. The maximum atomic E-state index is 5.86. The summed E-state index contributed by atoms with van der Waals surface area (Å²) >= 11 is 0. The topological polar surface area (TPSA) is 66.0 Å². The summed E-state index contributed by atoms with van der Waals surface area (Å²) in [6, 6.07) is 9.43. The Labute approximate surface area is 117 Å². The third-order valence-corrected chi connectivity index (χ3v) is 2.91. The number of rotatable bonds is 3. The van der Waals surface area contributed by atoms with Crippen LogP contribution in [0, 0.1) is 0 Å². The Morgan fingerprint density at radius 2 is 2.10 bits per heavy atom. The Balaban J connectivity index is 2.18. The molecule has 0 radical (unpaired) electrons. The van der Waals surface area contributed by atoms with Gasteiger partial charge in [-0.25, -0.2) is 9.67 Å². The molecule has 102 valence electrons. The lowest BCUT2D eigenvalue weighted by molar-refractivity contribution is 0.240. The zero-order valence-corrected chi connectivity index (χ0v) is 11.4. The van der Waals surface area contributed by atoms with E-state index in [1.54, 1.807) is 17.1 Å². The molecular weight excluding hydrogens is 252 g/mol. The molecule has 20 heavy (non-hydrogen) atoms. The van der Waals surface area contributed by atoms with E-state index in [-0.39, 0.29) is 6.10 Å². The molecule has 0 spiro atoms. The van der Waals surface area contributed by atoms with Crippen LogP contribution in [0.25, 0.3) is 16.7 Å². The Bertz CT molecular complexity index is 748. The molecule has 0 aliphatic heterocycles. The fraction of sp³-hybridized carbons (Fsp3) is 0.200. The van der Waals surface area contributed by atoms with Crippen LogP contribution in [0.4, 0.5) is 5.69 Å². The first-order valence-electron chi connectivity index (χ1n) is 6.50. The third kappa shape index (κ3) is 2.18. The number of fused-ring (bicyclic) bond motifs is 1. The average molecular weight is 268 g/mol. The minimum Gasteiger partial charge on any atom is -0.487 e. The number of nitrogens with two attached hydrogens (primary N) is 1. The van der Waals surface area contributed by atoms with Gasteiger partial charge in [-0.1, -0.05) is 0 Å². The summed E-state index contributed by atoms with van der Waals surface area (Å²) in [6.45, 7) is 3.96. The van der Waals surface area contributed by atoms with Gasteiger partial charge in [0.15, 0.2) is 11.6 Å². The minimum absolute atomic E-state index is 0.0739. The van der Waals surface area contributed by atoms with Gasteiger partial charge in [-0.2, -0.15) is 5.10 Å². The molecule has 3 aromatic rings. The average Bonchev–Trinajstić information content (AvgIpc) is 2.81.